The average Bonchev–Trinajstić information content (AvgIpc) is 3.53. The van der Waals surface area contributed by atoms with Gasteiger partial charge in [0.25, 0.3) is 0 Å². The largest absolute Gasteiger partial charge is 0.395 e. The van der Waals surface area contributed by atoms with Crippen molar-refractivity contribution in [1.29, 1.82) is 0 Å². The summed E-state index contributed by atoms with van der Waals surface area (Å²) in [5.74, 6) is -1.86. The number of likely N-dealkylation sites (tertiary alicyclic amines) is 1. The Bertz CT molecular complexity index is 1210. The molecular formula is C29H35BrN4O4S. The molecule has 8 nitrogen and oxygen atoms in total. The van der Waals surface area contributed by atoms with Crippen LogP contribution in [0, 0.1) is 11.8 Å². The van der Waals surface area contributed by atoms with Gasteiger partial charge in [0, 0.05) is 47.6 Å². The van der Waals surface area contributed by atoms with E-state index in [2.05, 4.69) is 45.3 Å². The van der Waals surface area contributed by atoms with Crippen LogP contribution in [0.4, 0.5) is 11.4 Å². The first-order valence-electron chi connectivity index (χ1n) is 13.5. The molecule has 2 bridgehead atoms. The van der Waals surface area contributed by atoms with E-state index in [-0.39, 0.29) is 41.0 Å². The van der Waals surface area contributed by atoms with Gasteiger partial charge in [-0.3, -0.25) is 14.4 Å². The van der Waals surface area contributed by atoms with Crippen LogP contribution in [0.1, 0.15) is 25.8 Å². The van der Waals surface area contributed by atoms with Gasteiger partial charge in [-0.05, 0) is 50.1 Å². The van der Waals surface area contributed by atoms with Crippen LogP contribution in [-0.4, -0.2) is 74.8 Å². The monoisotopic (exact) mass is 614 g/mol. The van der Waals surface area contributed by atoms with E-state index in [1.54, 1.807) is 11.8 Å². The SMILES string of the molecule is CCN(CC)c1ccc(NC(=O)C2N(CCO)C(=O)[C@@H]3[C@H](C(=O)NCc4ccccc4)[C@H]4SC23CC4Br)cc1. The third-order valence-corrected chi connectivity index (χ3v) is 11.5. The molecule has 3 aliphatic heterocycles. The first kappa shape index (κ1) is 28.0. The summed E-state index contributed by atoms with van der Waals surface area (Å²) in [6.07, 6.45) is 0.599. The van der Waals surface area contributed by atoms with E-state index < -0.39 is 22.6 Å². The quantitative estimate of drug-likeness (QED) is 0.355. The maximum atomic E-state index is 13.9. The zero-order chi connectivity index (χ0) is 27.7. The van der Waals surface area contributed by atoms with Crippen LogP contribution in [0.15, 0.2) is 54.6 Å². The molecule has 0 aromatic heterocycles. The molecule has 0 aliphatic carbocycles. The molecular weight excluding hydrogens is 580 g/mol. The van der Waals surface area contributed by atoms with Crippen LogP contribution in [0.25, 0.3) is 0 Å². The van der Waals surface area contributed by atoms with E-state index in [0.29, 0.717) is 18.7 Å². The number of anilines is 2. The highest BCUT2D eigenvalue weighted by Crippen LogP contribution is 2.67. The number of nitrogens with one attached hydrogen (secondary N) is 2. The maximum Gasteiger partial charge on any atom is 0.248 e. The predicted molar refractivity (Wildman–Crippen MR) is 158 cm³/mol. The Morgan fingerprint density at radius 2 is 1.79 bits per heavy atom. The van der Waals surface area contributed by atoms with Gasteiger partial charge in [0.1, 0.15) is 6.04 Å². The van der Waals surface area contributed by atoms with E-state index in [0.717, 1.165) is 24.3 Å². The molecule has 10 heteroatoms. The lowest BCUT2D eigenvalue weighted by atomic mass is 9.70. The standard InChI is InChI=1S/C29H35BrN4O4S/c1-3-33(4-2)20-12-10-19(11-13-20)32-27(37)25-29-16-21(30)24(39-29)22(23(29)28(38)34(25)14-15-35)26(36)31-17-18-8-6-5-7-9-18/h5-13,21-25,35H,3-4,14-17H2,1-2H3,(H,31,36)(H,32,37)/t21?,22-,23-,24-,25?,29?/m0/s1. The summed E-state index contributed by atoms with van der Waals surface area (Å²) < 4.78 is -0.745. The molecule has 3 amide bonds. The summed E-state index contributed by atoms with van der Waals surface area (Å²) in [5, 5.41) is 15.8. The second-order valence-corrected chi connectivity index (χ2v) is 13.0. The summed E-state index contributed by atoms with van der Waals surface area (Å²) >= 11 is 5.36. The number of fused-ring (bicyclic) bond motifs is 1. The Kier molecular flexibility index (Phi) is 8.26. The van der Waals surface area contributed by atoms with E-state index in [9.17, 15) is 19.5 Å². The fourth-order valence-corrected chi connectivity index (χ4v) is 10.1. The molecule has 3 saturated heterocycles. The summed E-state index contributed by atoms with van der Waals surface area (Å²) in [4.78, 5) is 45.0. The number of carbonyl (C=O) groups excluding carboxylic acids is 3. The molecule has 0 radical (unpaired) electrons. The van der Waals surface area contributed by atoms with Crippen molar-refractivity contribution in [1.82, 2.24) is 10.2 Å². The minimum absolute atomic E-state index is 0.00300. The molecule has 0 saturated carbocycles. The second kappa shape index (κ2) is 11.5. The number of halogens is 1. The summed E-state index contributed by atoms with van der Waals surface area (Å²) in [5.41, 5.74) is 2.71. The Balaban J connectivity index is 1.39. The van der Waals surface area contributed by atoms with E-state index in [1.165, 1.54) is 4.90 Å². The predicted octanol–water partition coefficient (Wildman–Crippen LogP) is 3.24. The lowest BCUT2D eigenvalue weighted by Crippen LogP contribution is -2.53. The molecule has 3 unspecified atom stereocenters. The van der Waals surface area contributed by atoms with Crippen molar-refractivity contribution < 1.29 is 19.5 Å². The summed E-state index contributed by atoms with van der Waals surface area (Å²) in [6.45, 7) is 6.14. The molecule has 2 aromatic rings. The minimum atomic E-state index is -0.786. The fourth-order valence-electron chi connectivity index (χ4n) is 6.54. The van der Waals surface area contributed by atoms with Crippen LogP contribution < -0.4 is 15.5 Å². The third-order valence-electron chi connectivity index (χ3n) is 8.25. The molecule has 3 fully saturated rings. The first-order valence-corrected chi connectivity index (χ1v) is 15.3. The molecule has 39 heavy (non-hydrogen) atoms. The molecule has 1 spiro atoms. The minimum Gasteiger partial charge on any atom is -0.395 e. The highest BCUT2D eigenvalue weighted by molar-refractivity contribution is 9.09. The van der Waals surface area contributed by atoms with Crippen LogP contribution in [0.3, 0.4) is 0 Å². The number of benzene rings is 2. The Hall–Kier alpha value is -2.56. The molecule has 3 N–H and O–H groups in total. The summed E-state index contributed by atoms with van der Waals surface area (Å²) in [7, 11) is 0. The second-order valence-electron chi connectivity index (χ2n) is 10.3. The van der Waals surface area contributed by atoms with Crippen LogP contribution >= 0.6 is 27.7 Å². The smallest absolute Gasteiger partial charge is 0.248 e. The number of carbonyl (C=O) groups is 3. The van der Waals surface area contributed by atoms with Crippen molar-refractivity contribution in [2.75, 3.05) is 36.5 Å². The van der Waals surface area contributed by atoms with Crippen molar-refractivity contribution >= 4 is 56.8 Å². The Morgan fingerprint density at radius 3 is 2.44 bits per heavy atom. The van der Waals surface area contributed by atoms with Crippen LogP contribution in [0.2, 0.25) is 0 Å². The van der Waals surface area contributed by atoms with Gasteiger partial charge < -0.3 is 25.5 Å². The number of nitrogens with zero attached hydrogens (tertiary/aromatic N) is 2. The van der Waals surface area contributed by atoms with Gasteiger partial charge in [-0.1, -0.05) is 46.3 Å². The lowest BCUT2D eigenvalue weighted by Gasteiger charge is -2.35. The topological polar surface area (TPSA) is 102 Å². The van der Waals surface area contributed by atoms with E-state index in [1.807, 2.05) is 54.6 Å². The van der Waals surface area contributed by atoms with Crippen LogP contribution in [0.5, 0.6) is 0 Å². The maximum absolute atomic E-state index is 13.9. The first-order chi connectivity index (χ1) is 18.8. The van der Waals surface area contributed by atoms with Crippen molar-refractivity contribution in [3.8, 4) is 0 Å². The third kappa shape index (κ3) is 4.95. The molecule has 208 valence electrons. The molecule has 2 aromatic carbocycles. The molecule has 3 heterocycles. The van der Waals surface area contributed by atoms with Crippen LogP contribution in [-0.2, 0) is 20.9 Å². The lowest BCUT2D eigenvalue weighted by molar-refractivity contribution is -0.139. The highest BCUT2D eigenvalue weighted by atomic mass is 79.9. The number of rotatable bonds is 10. The number of aliphatic hydroxyl groups excluding tert-OH is 1. The van der Waals surface area contributed by atoms with Gasteiger partial charge in [0.2, 0.25) is 17.7 Å². The van der Waals surface area contributed by atoms with Gasteiger partial charge in [-0.25, -0.2) is 0 Å². The zero-order valence-corrected chi connectivity index (χ0v) is 24.6. The fraction of sp³-hybridized carbons (Fsp3) is 0.483. The normalized spacial score (nSPS) is 28.9. The van der Waals surface area contributed by atoms with Crippen molar-refractivity contribution in [2.24, 2.45) is 11.8 Å². The summed E-state index contributed by atoms with van der Waals surface area (Å²) in [6, 6.07) is 16.6. The Labute approximate surface area is 242 Å². The van der Waals surface area contributed by atoms with Gasteiger partial charge in [-0.2, -0.15) is 0 Å². The van der Waals surface area contributed by atoms with E-state index in [4.69, 9.17) is 0 Å². The zero-order valence-electron chi connectivity index (χ0n) is 22.2. The van der Waals surface area contributed by atoms with Crippen molar-refractivity contribution in [3.63, 3.8) is 0 Å². The van der Waals surface area contributed by atoms with Crippen molar-refractivity contribution in [3.05, 3.63) is 60.2 Å². The highest BCUT2D eigenvalue weighted by Gasteiger charge is 2.75. The molecule has 5 rings (SSSR count). The van der Waals surface area contributed by atoms with Gasteiger partial charge >= 0.3 is 0 Å². The number of aliphatic hydroxyl groups is 1. The van der Waals surface area contributed by atoms with Gasteiger partial charge in [0.15, 0.2) is 0 Å². The average molecular weight is 616 g/mol. The molecule has 6 atom stereocenters. The number of amides is 3. The van der Waals surface area contributed by atoms with Gasteiger partial charge in [-0.15, -0.1) is 11.8 Å². The van der Waals surface area contributed by atoms with Gasteiger partial charge in [0.05, 0.1) is 23.2 Å². The number of β-amino-alcohol motifs (C(OH)–C–C–N with tert-alkyl or cyclic N) is 1. The number of hydrogen-bond donors (Lipinski definition) is 3. The number of thioether (sulfide) groups is 1. The molecule has 3 aliphatic rings. The van der Waals surface area contributed by atoms with Crippen molar-refractivity contribution in [2.45, 2.75) is 47.7 Å². The Morgan fingerprint density at radius 1 is 1.10 bits per heavy atom. The number of alkyl halides is 1. The number of hydrogen-bond acceptors (Lipinski definition) is 6. The van der Waals surface area contributed by atoms with E-state index >= 15 is 0 Å².